The third kappa shape index (κ3) is 4.50. The molecule has 2 aliphatic rings. The molecule has 8 nitrogen and oxygen atoms in total. The largest absolute Gasteiger partial charge is 0.469 e. The maximum Gasteiger partial charge on any atom is 0.312 e. The fourth-order valence-corrected chi connectivity index (χ4v) is 4.83. The van der Waals surface area contributed by atoms with Gasteiger partial charge in [-0.2, -0.15) is 4.98 Å². The monoisotopic (exact) mass is 448 g/mol. The van der Waals surface area contributed by atoms with Gasteiger partial charge in [-0.1, -0.05) is 18.5 Å². The molecule has 1 amide bonds. The Hall–Kier alpha value is -2.88. The van der Waals surface area contributed by atoms with Crippen molar-refractivity contribution in [3.63, 3.8) is 0 Å². The third-order valence-corrected chi connectivity index (χ3v) is 6.54. The minimum Gasteiger partial charge on any atom is -0.469 e. The van der Waals surface area contributed by atoms with Crippen molar-refractivity contribution in [2.45, 2.75) is 44.7 Å². The topological polar surface area (TPSA) is 97.6 Å². The molecule has 10 heteroatoms. The quantitative estimate of drug-likeness (QED) is 0.703. The van der Waals surface area contributed by atoms with E-state index in [1.165, 1.54) is 20.0 Å². The number of carbonyl (C=O) groups excluding carboxylic acids is 2. The number of methoxy groups -OCH3 is 1. The first kappa shape index (κ1) is 22.3. The molecule has 2 heterocycles. The Bertz CT molecular complexity index is 998. The van der Waals surface area contributed by atoms with E-state index in [-0.39, 0.29) is 23.2 Å². The summed E-state index contributed by atoms with van der Waals surface area (Å²) in [5.74, 6) is -3.11. The molecular weight excluding hydrogens is 422 g/mol. The molecule has 2 fully saturated rings. The van der Waals surface area contributed by atoms with Crippen LogP contribution in [0.25, 0.3) is 11.5 Å². The molecule has 4 atom stereocenters. The van der Waals surface area contributed by atoms with Gasteiger partial charge < -0.3 is 14.6 Å². The predicted octanol–water partition coefficient (Wildman–Crippen LogP) is 2.80. The lowest BCUT2D eigenvalue weighted by Crippen LogP contribution is -2.56. The highest BCUT2D eigenvalue weighted by Gasteiger charge is 2.40. The molecule has 1 aliphatic heterocycles. The Morgan fingerprint density at radius 2 is 2.06 bits per heavy atom. The van der Waals surface area contributed by atoms with Crippen molar-refractivity contribution < 1.29 is 27.6 Å². The van der Waals surface area contributed by atoms with Gasteiger partial charge in [-0.25, -0.2) is 8.78 Å². The molecule has 0 spiro atoms. The molecule has 1 aliphatic carbocycles. The number of hydrogen-bond donors (Lipinski definition) is 1. The van der Waals surface area contributed by atoms with Crippen molar-refractivity contribution in [2.75, 3.05) is 20.2 Å². The highest BCUT2D eigenvalue weighted by molar-refractivity contribution is 5.91. The SMILES string of the molecule is COC(=O)C1CN(C2CCCC2C)CCC1NC(=O)c1noc(-c2ccc(F)cc2F)n1. The highest BCUT2D eigenvalue weighted by atomic mass is 19.1. The molecule has 1 N–H and O–H groups in total. The minimum atomic E-state index is -0.875. The van der Waals surface area contributed by atoms with Crippen LogP contribution in [0.3, 0.4) is 0 Å². The zero-order chi connectivity index (χ0) is 22.8. The van der Waals surface area contributed by atoms with Gasteiger partial charge in [0.1, 0.15) is 11.6 Å². The second-order valence-corrected chi connectivity index (χ2v) is 8.52. The number of carbonyl (C=O) groups is 2. The van der Waals surface area contributed by atoms with E-state index in [0.29, 0.717) is 31.0 Å². The van der Waals surface area contributed by atoms with Gasteiger partial charge in [0.15, 0.2) is 0 Å². The summed E-state index contributed by atoms with van der Waals surface area (Å²) in [4.78, 5) is 31.5. The van der Waals surface area contributed by atoms with Crippen LogP contribution in [0.4, 0.5) is 8.78 Å². The van der Waals surface area contributed by atoms with Crippen LogP contribution < -0.4 is 5.32 Å². The maximum atomic E-state index is 14.0. The van der Waals surface area contributed by atoms with Gasteiger partial charge in [-0.15, -0.1) is 0 Å². The number of aromatic nitrogens is 2. The zero-order valence-corrected chi connectivity index (χ0v) is 18.0. The molecule has 4 rings (SSSR count). The van der Waals surface area contributed by atoms with Crippen LogP contribution in [-0.2, 0) is 9.53 Å². The molecule has 0 bridgehead atoms. The van der Waals surface area contributed by atoms with Crippen LogP contribution in [0.15, 0.2) is 22.7 Å². The number of esters is 1. The number of halogens is 2. The van der Waals surface area contributed by atoms with Crippen molar-refractivity contribution in [1.82, 2.24) is 20.4 Å². The van der Waals surface area contributed by atoms with Gasteiger partial charge in [-0.3, -0.25) is 14.5 Å². The lowest BCUT2D eigenvalue weighted by Gasteiger charge is -2.41. The summed E-state index contributed by atoms with van der Waals surface area (Å²) < 4.78 is 37.1. The molecule has 1 aromatic heterocycles. The molecule has 1 aromatic carbocycles. The van der Waals surface area contributed by atoms with Gasteiger partial charge in [0.05, 0.1) is 18.6 Å². The van der Waals surface area contributed by atoms with Gasteiger partial charge in [-0.05, 0) is 37.3 Å². The molecular formula is C22H26F2N4O4. The Morgan fingerprint density at radius 1 is 1.25 bits per heavy atom. The standard InChI is InChI=1S/C22H26F2N4O4/c1-12-4-3-5-18(12)28-9-8-17(15(11-28)22(30)31-2)25-20(29)19-26-21(32-27-19)14-7-6-13(23)10-16(14)24/h6-7,10,12,15,17-18H,3-5,8-9,11H2,1-2H3,(H,25,29). The maximum absolute atomic E-state index is 14.0. The molecule has 4 unspecified atom stereocenters. The van der Waals surface area contributed by atoms with Crippen molar-refractivity contribution in [3.05, 3.63) is 35.7 Å². The Kier molecular flexibility index (Phi) is 6.50. The fraction of sp³-hybridized carbons (Fsp3) is 0.545. The number of benzene rings is 1. The van der Waals surface area contributed by atoms with Crippen molar-refractivity contribution in [1.29, 1.82) is 0 Å². The summed E-state index contributed by atoms with van der Waals surface area (Å²) in [5, 5.41) is 6.42. The molecule has 172 valence electrons. The van der Waals surface area contributed by atoms with Crippen LogP contribution in [0.5, 0.6) is 0 Å². The van der Waals surface area contributed by atoms with E-state index in [4.69, 9.17) is 9.26 Å². The number of rotatable bonds is 5. The van der Waals surface area contributed by atoms with Crippen molar-refractivity contribution in [2.24, 2.45) is 11.8 Å². The van der Waals surface area contributed by atoms with Crippen LogP contribution in [-0.4, -0.2) is 59.2 Å². The smallest absolute Gasteiger partial charge is 0.312 e. The summed E-state index contributed by atoms with van der Waals surface area (Å²) >= 11 is 0. The van der Waals surface area contributed by atoms with E-state index in [1.807, 2.05) is 0 Å². The molecule has 0 radical (unpaired) electrons. The summed E-state index contributed by atoms with van der Waals surface area (Å²) in [6.45, 7) is 3.49. The van der Waals surface area contributed by atoms with E-state index in [2.05, 4.69) is 27.3 Å². The van der Waals surface area contributed by atoms with Crippen molar-refractivity contribution in [3.8, 4) is 11.5 Å². The first-order chi connectivity index (χ1) is 15.4. The van der Waals surface area contributed by atoms with Gasteiger partial charge >= 0.3 is 5.97 Å². The summed E-state index contributed by atoms with van der Waals surface area (Å²) in [5.41, 5.74) is -0.107. The Labute approximate surface area is 184 Å². The normalized spacial score (nSPS) is 26.1. The van der Waals surface area contributed by atoms with Gasteiger partial charge in [0, 0.05) is 31.2 Å². The van der Waals surface area contributed by atoms with E-state index < -0.39 is 29.5 Å². The van der Waals surface area contributed by atoms with Crippen LogP contribution in [0.1, 0.15) is 43.2 Å². The number of nitrogens with one attached hydrogen (secondary N) is 1. The average molecular weight is 448 g/mol. The van der Waals surface area contributed by atoms with Crippen LogP contribution in [0.2, 0.25) is 0 Å². The minimum absolute atomic E-state index is 0.107. The lowest BCUT2D eigenvalue weighted by atomic mass is 9.89. The Balaban J connectivity index is 1.46. The predicted molar refractivity (Wildman–Crippen MR) is 109 cm³/mol. The number of nitrogens with zero attached hydrogens (tertiary/aromatic N) is 3. The number of amides is 1. The van der Waals surface area contributed by atoms with Gasteiger partial charge in [0.25, 0.3) is 17.6 Å². The first-order valence-electron chi connectivity index (χ1n) is 10.8. The van der Waals surface area contributed by atoms with E-state index >= 15 is 0 Å². The molecule has 1 saturated heterocycles. The zero-order valence-electron chi connectivity index (χ0n) is 18.0. The van der Waals surface area contributed by atoms with E-state index in [9.17, 15) is 18.4 Å². The van der Waals surface area contributed by atoms with Crippen LogP contribution in [0, 0.1) is 23.5 Å². The van der Waals surface area contributed by atoms with E-state index in [0.717, 1.165) is 25.1 Å². The van der Waals surface area contributed by atoms with Crippen molar-refractivity contribution >= 4 is 11.9 Å². The molecule has 1 saturated carbocycles. The molecule has 32 heavy (non-hydrogen) atoms. The first-order valence-corrected chi connectivity index (χ1v) is 10.8. The number of hydrogen-bond acceptors (Lipinski definition) is 7. The average Bonchev–Trinajstić information content (AvgIpc) is 3.43. The summed E-state index contributed by atoms with van der Waals surface area (Å²) in [7, 11) is 1.33. The lowest BCUT2D eigenvalue weighted by molar-refractivity contribution is -0.148. The number of piperidine rings is 1. The Morgan fingerprint density at radius 3 is 2.75 bits per heavy atom. The van der Waals surface area contributed by atoms with E-state index in [1.54, 1.807) is 0 Å². The van der Waals surface area contributed by atoms with Crippen LogP contribution >= 0.6 is 0 Å². The van der Waals surface area contributed by atoms with Gasteiger partial charge in [0.2, 0.25) is 0 Å². The summed E-state index contributed by atoms with van der Waals surface area (Å²) in [6.07, 6.45) is 4.04. The fourth-order valence-electron chi connectivity index (χ4n) is 4.83. The summed E-state index contributed by atoms with van der Waals surface area (Å²) in [6, 6.07) is 2.89. The second-order valence-electron chi connectivity index (χ2n) is 8.52. The molecule has 2 aromatic rings. The third-order valence-electron chi connectivity index (χ3n) is 6.54. The number of ether oxygens (including phenoxy) is 1. The number of likely N-dealkylation sites (tertiary alicyclic amines) is 1. The highest BCUT2D eigenvalue weighted by Crippen LogP contribution is 2.33. The second kappa shape index (κ2) is 9.32.